The van der Waals surface area contributed by atoms with Crippen LogP contribution in [0, 0.1) is 5.92 Å². The van der Waals surface area contributed by atoms with Gasteiger partial charge in [-0.1, -0.05) is 18.2 Å². The summed E-state index contributed by atoms with van der Waals surface area (Å²) in [5, 5.41) is 11.4. The molecule has 0 aliphatic carbocycles. The summed E-state index contributed by atoms with van der Waals surface area (Å²) in [6.45, 7) is 0.311. The molecule has 1 saturated heterocycles. The van der Waals surface area contributed by atoms with E-state index in [1.54, 1.807) is 36.3 Å². The van der Waals surface area contributed by atoms with E-state index in [4.69, 9.17) is 14.6 Å². The molecule has 1 heterocycles. The quantitative estimate of drug-likeness (QED) is 0.706. The lowest BCUT2D eigenvalue weighted by Crippen LogP contribution is -2.28. The van der Waals surface area contributed by atoms with E-state index >= 15 is 0 Å². The summed E-state index contributed by atoms with van der Waals surface area (Å²) >= 11 is 0. The number of anilines is 1. The van der Waals surface area contributed by atoms with Gasteiger partial charge in [0.1, 0.15) is 11.5 Å². The van der Waals surface area contributed by atoms with Gasteiger partial charge in [0.25, 0.3) is 0 Å². The normalized spacial score (nSPS) is 15.8. The minimum absolute atomic E-state index is 0.0699. The van der Waals surface area contributed by atoms with Crippen molar-refractivity contribution in [3.63, 3.8) is 0 Å². The largest absolute Gasteiger partial charge is 0.497 e. The summed E-state index contributed by atoms with van der Waals surface area (Å²) in [5.41, 5.74) is 1.45. The number of carbonyl (C=O) groups excluding carboxylic acids is 2. The molecule has 0 radical (unpaired) electrons. The number of carbonyl (C=O) groups is 3. The van der Waals surface area contributed by atoms with E-state index in [1.807, 2.05) is 24.3 Å². The van der Waals surface area contributed by atoms with Crippen molar-refractivity contribution in [2.75, 3.05) is 25.6 Å². The highest BCUT2D eigenvalue weighted by molar-refractivity contribution is 5.97. The molecule has 2 N–H and O–H groups in total. The Bertz CT molecular complexity index is 896. The Hall–Kier alpha value is -3.55. The van der Waals surface area contributed by atoms with E-state index in [-0.39, 0.29) is 18.2 Å². The predicted molar refractivity (Wildman–Crippen MR) is 105 cm³/mol. The Labute approximate surface area is 168 Å². The standard InChI is InChI=1S/C21H22N2O6/c1-28-17-7-5-14(6-8-17)11-23-12-15(9-19(23)24)21(27)22-16-3-2-4-18(10-16)29-13-20(25)26/h2-8,10,15H,9,11-13H2,1H3,(H,22,27)(H,25,26). The van der Waals surface area contributed by atoms with Crippen molar-refractivity contribution in [1.82, 2.24) is 4.90 Å². The first-order valence-corrected chi connectivity index (χ1v) is 9.11. The Morgan fingerprint density at radius 2 is 1.93 bits per heavy atom. The van der Waals surface area contributed by atoms with E-state index in [2.05, 4.69) is 5.32 Å². The molecule has 1 fully saturated rings. The van der Waals surface area contributed by atoms with Crippen LogP contribution < -0.4 is 14.8 Å². The number of methoxy groups -OCH3 is 1. The third-order valence-electron chi connectivity index (χ3n) is 4.58. The first kappa shape index (κ1) is 20.2. The van der Waals surface area contributed by atoms with Crippen LogP contribution in [0.4, 0.5) is 5.69 Å². The number of amides is 2. The van der Waals surface area contributed by atoms with Gasteiger partial charge in [-0.05, 0) is 29.8 Å². The van der Waals surface area contributed by atoms with Gasteiger partial charge in [0.15, 0.2) is 6.61 Å². The average Bonchev–Trinajstić information content (AvgIpc) is 3.08. The number of hydrogen-bond acceptors (Lipinski definition) is 5. The lowest BCUT2D eigenvalue weighted by atomic mass is 10.1. The number of hydrogen-bond donors (Lipinski definition) is 2. The summed E-state index contributed by atoms with van der Waals surface area (Å²) in [4.78, 5) is 37.2. The molecule has 8 nitrogen and oxygen atoms in total. The van der Waals surface area contributed by atoms with Gasteiger partial charge < -0.3 is 24.8 Å². The van der Waals surface area contributed by atoms with Crippen molar-refractivity contribution < 1.29 is 29.0 Å². The fourth-order valence-corrected chi connectivity index (χ4v) is 3.10. The molecule has 1 aliphatic rings. The lowest BCUT2D eigenvalue weighted by molar-refractivity contribution is -0.139. The van der Waals surface area contributed by atoms with Crippen LogP contribution in [0.2, 0.25) is 0 Å². The molecule has 0 saturated carbocycles. The molecule has 2 amide bonds. The number of ether oxygens (including phenoxy) is 2. The molecule has 0 bridgehead atoms. The van der Waals surface area contributed by atoms with Gasteiger partial charge >= 0.3 is 5.97 Å². The molecule has 0 aromatic heterocycles. The van der Waals surface area contributed by atoms with Crippen LogP contribution in [0.5, 0.6) is 11.5 Å². The van der Waals surface area contributed by atoms with Gasteiger partial charge in [0.2, 0.25) is 11.8 Å². The molecule has 2 aromatic carbocycles. The van der Waals surface area contributed by atoms with Crippen LogP contribution in [0.3, 0.4) is 0 Å². The predicted octanol–water partition coefficient (Wildman–Crippen LogP) is 2.15. The number of carboxylic acids is 1. The zero-order chi connectivity index (χ0) is 20.8. The van der Waals surface area contributed by atoms with Crippen molar-refractivity contribution >= 4 is 23.5 Å². The van der Waals surface area contributed by atoms with Crippen LogP contribution in [0.15, 0.2) is 48.5 Å². The lowest BCUT2D eigenvalue weighted by Gasteiger charge is -2.17. The maximum atomic E-state index is 12.6. The number of rotatable bonds is 8. The topological polar surface area (TPSA) is 105 Å². The number of aliphatic carboxylic acids is 1. The number of likely N-dealkylation sites (tertiary alicyclic amines) is 1. The SMILES string of the molecule is COc1ccc(CN2CC(C(=O)Nc3cccc(OCC(=O)O)c3)CC2=O)cc1. The van der Waals surface area contributed by atoms with Crippen LogP contribution in [-0.2, 0) is 20.9 Å². The molecule has 0 spiro atoms. The first-order valence-electron chi connectivity index (χ1n) is 9.11. The number of benzene rings is 2. The highest BCUT2D eigenvalue weighted by Gasteiger charge is 2.34. The second kappa shape index (κ2) is 9.09. The monoisotopic (exact) mass is 398 g/mol. The highest BCUT2D eigenvalue weighted by atomic mass is 16.5. The van der Waals surface area contributed by atoms with Gasteiger partial charge in [-0.3, -0.25) is 9.59 Å². The molecular formula is C21H22N2O6. The van der Waals surface area contributed by atoms with E-state index in [0.29, 0.717) is 24.5 Å². The maximum absolute atomic E-state index is 12.6. The Morgan fingerprint density at radius 3 is 2.62 bits per heavy atom. The van der Waals surface area contributed by atoms with Gasteiger partial charge in [-0.2, -0.15) is 0 Å². The van der Waals surface area contributed by atoms with E-state index < -0.39 is 18.5 Å². The van der Waals surface area contributed by atoms with Crippen molar-refractivity contribution in [2.45, 2.75) is 13.0 Å². The summed E-state index contributed by atoms with van der Waals surface area (Å²) in [6, 6.07) is 13.9. The van der Waals surface area contributed by atoms with Gasteiger partial charge in [-0.25, -0.2) is 4.79 Å². The van der Waals surface area contributed by atoms with Crippen LogP contribution >= 0.6 is 0 Å². The molecule has 1 unspecified atom stereocenters. The first-order chi connectivity index (χ1) is 13.9. The van der Waals surface area contributed by atoms with Crippen molar-refractivity contribution in [3.05, 3.63) is 54.1 Å². The Balaban J connectivity index is 1.57. The maximum Gasteiger partial charge on any atom is 0.341 e. The summed E-state index contributed by atoms with van der Waals surface area (Å²) in [5.74, 6) is -0.780. The highest BCUT2D eigenvalue weighted by Crippen LogP contribution is 2.24. The zero-order valence-electron chi connectivity index (χ0n) is 16.0. The number of nitrogens with one attached hydrogen (secondary N) is 1. The second-order valence-corrected chi connectivity index (χ2v) is 6.72. The number of nitrogens with zero attached hydrogens (tertiary/aromatic N) is 1. The molecule has 8 heteroatoms. The van der Waals surface area contributed by atoms with E-state index in [9.17, 15) is 14.4 Å². The third kappa shape index (κ3) is 5.47. The molecule has 29 heavy (non-hydrogen) atoms. The third-order valence-corrected chi connectivity index (χ3v) is 4.58. The molecule has 3 rings (SSSR count). The van der Waals surface area contributed by atoms with Gasteiger partial charge in [-0.15, -0.1) is 0 Å². The fourth-order valence-electron chi connectivity index (χ4n) is 3.10. The van der Waals surface area contributed by atoms with Crippen LogP contribution in [0.25, 0.3) is 0 Å². The average molecular weight is 398 g/mol. The molecular weight excluding hydrogens is 376 g/mol. The Morgan fingerprint density at radius 1 is 1.17 bits per heavy atom. The fraction of sp³-hybridized carbons (Fsp3) is 0.286. The molecule has 1 aliphatic heterocycles. The smallest absolute Gasteiger partial charge is 0.341 e. The van der Waals surface area contributed by atoms with Gasteiger partial charge in [0.05, 0.1) is 13.0 Å². The molecule has 152 valence electrons. The van der Waals surface area contributed by atoms with E-state index in [0.717, 1.165) is 11.3 Å². The van der Waals surface area contributed by atoms with E-state index in [1.165, 1.54) is 0 Å². The summed E-state index contributed by atoms with van der Waals surface area (Å²) < 4.78 is 10.2. The minimum atomic E-state index is -1.08. The zero-order valence-corrected chi connectivity index (χ0v) is 16.0. The second-order valence-electron chi connectivity index (χ2n) is 6.72. The van der Waals surface area contributed by atoms with Crippen LogP contribution in [0.1, 0.15) is 12.0 Å². The minimum Gasteiger partial charge on any atom is -0.497 e. The van der Waals surface area contributed by atoms with Crippen molar-refractivity contribution in [1.29, 1.82) is 0 Å². The molecule has 1 atom stereocenters. The van der Waals surface area contributed by atoms with Crippen molar-refractivity contribution in [2.24, 2.45) is 5.92 Å². The van der Waals surface area contributed by atoms with Crippen LogP contribution in [-0.4, -0.2) is 48.1 Å². The molecule has 2 aromatic rings. The van der Waals surface area contributed by atoms with Gasteiger partial charge in [0, 0.05) is 31.3 Å². The Kier molecular flexibility index (Phi) is 6.33. The summed E-state index contributed by atoms with van der Waals surface area (Å²) in [7, 11) is 1.59. The summed E-state index contributed by atoms with van der Waals surface area (Å²) in [6.07, 6.45) is 0.150. The van der Waals surface area contributed by atoms with Crippen molar-refractivity contribution in [3.8, 4) is 11.5 Å². The number of carboxylic acid groups (broad SMARTS) is 1.